The van der Waals surface area contributed by atoms with Gasteiger partial charge in [0.25, 0.3) is 0 Å². The van der Waals surface area contributed by atoms with E-state index < -0.39 is 0 Å². The Morgan fingerprint density at radius 3 is 2.78 bits per heavy atom. The quantitative estimate of drug-likeness (QED) is 0.721. The van der Waals surface area contributed by atoms with E-state index in [-0.39, 0.29) is 18.2 Å². The molecule has 18 heavy (non-hydrogen) atoms. The minimum Gasteiger partial charge on any atom is -0.504 e. The molecule has 0 bridgehead atoms. The SMILES string of the molecule is CCC(C)NCC(=O)Nc1ccc(OC)c(O)c1. The summed E-state index contributed by atoms with van der Waals surface area (Å²) in [4.78, 5) is 11.6. The summed E-state index contributed by atoms with van der Waals surface area (Å²) in [5.74, 6) is 0.246. The van der Waals surface area contributed by atoms with Crippen molar-refractivity contribution in [3.63, 3.8) is 0 Å². The molecular formula is C13H20N2O3. The number of carbonyl (C=O) groups excluding carboxylic acids is 1. The average molecular weight is 252 g/mol. The third-order valence-electron chi connectivity index (χ3n) is 2.69. The normalized spacial score (nSPS) is 11.9. The second kappa shape index (κ2) is 6.86. The highest BCUT2D eigenvalue weighted by molar-refractivity contribution is 5.92. The van der Waals surface area contributed by atoms with Crippen molar-refractivity contribution in [3.05, 3.63) is 18.2 Å². The lowest BCUT2D eigenvalue weighted by Crippen LogP contribution is -2.33. The number of methoxy groups -OCH3 is 1. The van der Waals surface area contributed by atoms with Gasteiger partial charge in [0, 0.05) is 17.8 Å². The second-order valence-electron chi connectivity index (χ2n) is 4.13. The molecular weight excluding hydrogens is 232 g/mol. The van der Waals surface area contributed by atoms with E-state index in [2.05, 4.69) is 17.6 Å². The number of amides is 1. The first-order valence-corrected chi connectivity index (χ1v) is 5.97. The summed E-state index contributed by atoms with van der Waals surface area (Å²) in [6.45, 7) is 4.32. The zero-order valence-corrected chi connectivity index (χ0v) is 11.0. The number of carbonyl (C=O) groups is 1. The van der Waals surface area contributed by atoms with Crippen LogP contribution in [0.5, 0.6) is 11.5 Å². The zero-order chi connectivity index (χ0) is 13.5. The van der Waals surface area contributed by atoms with Crippen molar-refractivity contribution in [2.75, 3.05) is 19.0 Å². The molecule has 1 aromatic carbocycles. The van der Waals surface area contributed by atoms with Crippen LogP contribution >= 0.6 is 0 Å². The number of nitrogens with one attached hydrogen (secondary N) is 2. The van der Waals surface area contributed by atoms with Crippen LogP contribution in [0.1, 0.15) is 20.3 Å². The van der Waals surface area contributed by atoms with E-state index in [4.69, 9.17) is 4.74 Å². The zero-order valence-electron chi connectivity index (χ0n) is 11.0. The third-order valence-corrected chi connectivity index (χ3v) is 2.69. The first-order chi connectivity index (χ1) is 8.56. The van der Waals surface area contributed by atoms with Crippen LogP contribution in [-0.4, -0.2) is 30.7 Å². The number of anilines is 1. The number of phenolic OH excluding ortho intramolecular Hbond substituents is 1. The predicted octanol–water partition coefficient (Wildman–Crippen LogP) is 1.73. The van der Waals surface area contributed by atoms with Gasteiger partial charge < -0.3 is 20.5 Å². The molecule has 0 aromatic heterocycles. The van der Waals surface area contributed by atoms with Gasteiger partial charge in [-0.05, 0) is 25.5 Å². The standard InChI is InChI=1S/C13H20N2O3/c1-4-9(2)14-8-13(17)15-10-5-6-12(18-3)11(16)7-10/h5-7,9,14,16H,4,8H2,1-3H3,(H,15,17). The largest absolute Gasteiger partial charge is 0.504 e. The van der Waals surface area contributed by atoms with Gasteiger partial charge in [-0.1, -0.05) is 6.92 Å². The smallest absolute Gasteiger partial charge is 0.238 e. The summed E-state index contributed by atoms with van der Waals surface area (Å²) in [5, 5.41) is 15.4. The summed E-state index contributed by atoms with van der Waals surface area (Å²) in [5.41, 5.74) is 0.546. The molecule has 100 valence electrons. The number of benzene rings is 1. The average Bonchev–Trinajstić information content (AvgIpc) is 2.36. The van der Waals surface area contributed by atoms with Crippen molar-refractivity contribution < 1.29 is 14.6 Å². The number of phenols is 1. The third kappa shape index (κ3) is 4.25. The Labute approximate surface area is 107 Å². The first kappa shape index (κ1) is 14.3. The van der Waals surface area contributed by atoms with Gasteiger partial charge in [-0.15, -0.1) is 0 Å². The van der Waals surface area contributed by atoms with Crippen molar-refractivity contribution in [2.24, 2.45) is 0 Å². The van der Waals surface area contributed by atoms with E-state index in [1.54, 1.807) is 12.1 Å². The van der Waals surface area contributed by atoms with Crippen molar-refractivity contribution in [1.82, 2.24) is 5.32 Å². The van der Waals surface area contributed by atoms with Gasteiger partial charge in [-0.3, -0.25) is 4.79 Å². The van der Waals surface area contributed by atoms with E-state index in [0.717, 1.165) is 6.42 Å². The Kier molecular flexibility index (Phi) is 5.45. The summed E-state index contributed by atoms with van der Waals surface area (Å²) in [6.07, 6.45) is 0.969. The highest BCUT2D eigenvalue weighted by Gasteiger charge is 2.07. The molecule has 0 aliphatic rings. The number of aromatic hydroxyl groups is 1. The van der Waals surface area contributed by atoms with Crippen LogP contribution in [0.4, 0.5) is 5.69 Å². The maximum absolute atomic E-state index is 11.6. The number of hydrogen-bond acceptors (Lipinski definition) is 4. The van der Waals surface area contributed by atoms with Gasteiger partial charge in [0.1, 0.15) is 0 Å². The Bertz CT molecular complexity index is 407. The molecule has 0 radical (unpaired) electrons. The molecule has 1 amide bonds. The highest BCUT2D eigenvalue weighted by atomic mass is 16.5. The fraction of sp³-hybridized carbons (Fsp3) is 0.462. The van der Waals surface area contributed by atoms with E-state index >= 15 is 0 Å². The molecule has 0 spiro atoms. The van der Waals surface area contributed by atoms with E-state index in [1.165, 1.54) is 13.2 Å². The van der Waals surface area contributed by atoms with Crippen molar-refractivity contribution in [2.45, 2.75) is 26.3 Å². The molecule has 0 fully saturated rings. The van der Waals surface area contributed by atoms with Crippen LogP contribution in [0.3, 0.4) is 0 Å². The number of rotatable bonds is 6. The minimum absolute atomic E-state index is 0.00480. The molecule has 0 aliphatic carbocycles. The maximum atomic E-state index is 11.6. The summed E-state index contributed by atoms with van der Waals surface area (Å²) >= 11 is 0. The fourth-order valence-corrected chi connectivity index (χ4v) is 1.38. The molecule has 5 heteroatoms. The van der Waals surface area contributed by atoms with Gasteiger partial charge in [0.15, 0.2) is 11.5 Å². The predicted molar refractivity (Wildman–Crippen MR) is 71.0 cm³/mol. The summed E-state index contributed by atoms with van der Waals surface area (Å²) in [7, 11) is 1.48. The molecule has 0 aliphatic heterocycles. The molecule has 1 rings (SSSR count). The van der Waals surface area contributed by atoms with E-state index in [1.807, 2.05) is 6.92 Å². The number of ether oxygens (including phenoxy) is 1. The fourth-order valence-electron chi connectivity index (χ4n) is 1.38. The van der Waals surface area contributed by atoms with Gasteiger partial charge in [0.05, 0.1) is 13.7 Å². The van der Waals surface area contributed by atoms with Gasteiger partial charge >= 0.3 is 0 Å². The Morgan fingerprint density at radius 2 is 2.22 bits per heavy atom. The molecule has 1 atom stereocenters. The number of hydrogen-bond donors (Lipinski definition) is 3. The summed E-state index contributed by atoms with van der Waals surface area (Å²) in [6, 6.07) is 5.05. The molecule has 0 saturated carbocycles. The van der Waals surface area contributed by atoms with Gasteiger partial charge in [-0.25, -0.2) is 0 Å². The lowest BCUT2D eigenvalue weighted by Gasteiger charge is -2.12. The molecule has 3 N–H and O–H groups in total. The van der Waals surface area contributed by atoms with Crippen molar-refractivity contribution >= 4 is 11.6 Å². The van der Waals surface area contributed by atoms with Crippen LogP contribution in [0.25, 0.3) is 0 Å². The van der Waals surface area contributed by atoms with Crippen LogP contribution in [0.15, 0.2) is 18.2 Å². The molecule has 1 unspecified atom stereocenters. The maximum Gasteiger partial charge on any atom is 0.238 e. The van der Waals surface area contributed by atoms with Crippen molar-refractivity contribution in [3.8, 4) is 11.5 Å². The topological polar surface area (TPSA) is 70.6 Å². The monoisotopic (exact) mass is 252 g/mol. The van der Waals surface area contributed by atoms with Crippen LogP contribution in [-0.2, 0) is 4.79 Å². The van der Waals surface area contributed by atoms with Crippen molar-refractivity contribution in [1.29, 1.82) is 0 Å². The van der Waals surface area contributed by atoms with Crippen LogP contribution < -0.4 is 15.4 Å². The molecule has 1 aromatic rings. The van der Waals surface area contributed by atoms with Crippen LogP contribution in [0, 0.1) is 0 Å². The van der Waals surface area contributed by atoms with Gasteiger partial charge in [-0.2, -0.15) is 0 Å². The molecule has 5 nitrogen and oxygen atoms in total. The first-order valence-electron chi connectivity index (χ1n) is 5.97. The summed E-state index contributed by atoms with van der Waals surface area (Å²) < 4.78 is 4.92. The second-order valence-corrected chi connectivity index (χ2v) is 4.13. The Hall–Kier alpha value is -1.75. The van der Waals surface area contributed by atoms with Crippen LogP contribution in [0.2, 0.25) is 0 Å². The molecule has 0 saturated heterocycles. The Morgan fingerprint density at radius 1 is 1.50 bits per heavy atom. The van der Waals surface area contributed by atoms with E-state index in [9.17, 15) is 9.90 Å². The highest BCUT2D eigenvalue weighted by Crippen LogP contribution is 2.28. The minimum atomic E-state index is -0.139. The van der Waals surface area contributed by atoms with E-state index in [0.29, 0.717) is 17.5 Å². The lowest BCUT2D eigenvalue weighted by atomic mass is 10.2. The lowest BCUT2D eigenvalue weighted by molar-refractivity contribution is -0.115. The Balaban J connectivity index is 2.52. The van der Waals surface area contributed by atoms with Gasteiger partial charge in [0.2, 0.25) is 5.91 Å². The molecule has 0 heterocycles.